The Morgan fingerprint density at radius 1 is 0.889 bits per heavy atom. The molecule has 0 aliphatic rings. The average molecular weight is 319 g/mol. The highest BCUT2D eigenvalue weighted by molar-refractivity contribution is 9.10. The normalized spacial score (nSPS) is 10.8. The van der Waals surface area contributed by atoms with Gasteiger partial charge in [-0.1, -0.05) is 29.8 Å². The van der Waals surface area contributed by atoms with Crippen LogP contribution in [0.5, 0.6) is 0 Å². The molecule has 0 nitrogen and oxygen atoms in total. The molecule has 0 fully saturated rings. The Kier molecular flexibility index (Phi) is 3.43. The first-order valence-corrected chi connectivity index (χ1v) is 5.81. The standard InChI is InChI=1S/C13H7BrF4/c1-6-3-2-4-7(5-6)8-10(15)12(17)9(14)13(18)11(8)16/h2-5H,1H3. The lowest BCUT2D eigenvalue weighted by Crippen LogP contribution is -2.01. The second-order valence-corrected chi connectivity index (χ2v) is 4.61. The van der Waals surface area contributed by atoms with Crippen LogP contribution in [0.3, 0.4) is 0 Å². The molecule has 0 saturated carbocycles. The minimum Gasteiger partial charge on any atom is -0.203 e. The van der Waals surface area contributed by atoms with E-state index in [9.17, 15) is 17.6 Å². The van der Waals surface area contributed by atoms with Gasteiger partial charge in [0.05, 0.1) is 10.0 Å². The highest BCUT2D eigenvalue weighted by atomic mass is 79.9. The number of benzene rings is 2. The molecule has 2 aromatic rings. The highest BCUT2D eigenvalue weighted by Crippen LogP contribution is 2.34. The van der Waals surface area contributed by atoms with Gasteiger partial charge in [0.15, 0.2) is 23.3 Å². The maximum absolute atomic E-state index is 13.7. The number of aryl methyl sites for hydroxylation is 1. The molecule has 0 spiro atoms. The summed E-state index contributed by atoms with van der Waals surface area (Å²) in [5.41, 5.74) is 0.127. The molecule has 2 rings (SSSR count). The first-order chi connectivity index (χ1) is 8.43. The largest absolute Gasteiger partial charge is 0.203 e. The van der Waals surface area contributed by atoms with E-state index in [0.29, 0.717) is 0 Å². The van der Waals surface area contributed by atoms with Crippen molar-refractivity contribution >= 4 is 15.9 Å². The van der Waals surface area contributed by atoms with Gasteiger partial charge in [0.1, 0.15) is 0 Å². The fraction of sp³-hybridized carbons (Fsp3) is 0.0769. The van der Waals surface area contributed by atoms with Crippen molar-refractivity contribution in [2.45, 2.75) is 6.92 Å². The Hall–Kier alpha value is -1.36. The Balaban J connectivity index is 2.80. The molecule has 0 radical (unpaired) electrons. The van der Waals surface area contributed by atoms with Crippen LogP contribution in [-0.2, 0) is 0 Å². The van der Waals surface area contributed by atoms with Crippen LogP contribution in [0.4, 0.5) is 17.6 Å². The summed E-state index contributed by atoms with van der Waals surface area (Å²) in [5.74, 6) is -5.70. The molecule has 0 unspecified atom stereocenters. The van der Waals surface area contributed by atoms with E-state index < -0.39 is 33.3 Å². The van der Waals surface area contributed by atoms with Crippen molar-refractivity contribution in [1.82, 2.24) is 0 Å². The Morgan fingerprint density at radius 3 is 1.94 bits per heavy atom. The summed E-state index contributed by atoms with van der Waals surface area (Å²) in [6.07, 6.45) is 0. The first kappa shape index (κ1) is 13.1. The molecule has 5 heteroatoms. The van der Waals surface area contributed by atoms with E-state index in [4.69, 9.17) is 0 Å². The van der Waals surface area contributed by atoms with Gasteiger partial charge in [-0.15, -0.1) is 0 Å². The first-order valence-electron chi connectivity index (χ1n) is 5.02. The van der Waals surface area contributed by atoms with Gasteiger partial charge in [0.25, 0.3) is 0 Å². The van der Waals surface area contributed by atoms with Gasteiger partial charge in [0.2, 0.25) is 0 Å². The highest BCUT2D eigenvalue weighted by Gasteiger charge is 2.24. The van der Waals surface area contributed by atoms with Crippen LogP contribution in [0.2, 0.25) is 0 Å². The van der Waals surface area contributed by atoms with E-state index in [2.05, 4.69) is 15.9 Å². The fourth-order valence-electron chi connectivity index (χ4n) is 1.66. The van der Waals surface area contributed by atoms with Crippen LogP contribution in [0.1, 0.15) is 5.56 Å². The van der Waals surface area contributed by atoms with Crippen molar-refractivity contribution in [2.24, 2.45) is 0 Å². The van der Waals surface area contributed by atoms with Crippen LogP contribution in [0.25, 0.3) is 11.1 Å². The van der Waals surface area contributed by atoms with Gasteiger partial charge in [0, 0.05) is 0 Å². The molecule has 18 heavy (non-hydrogen) atoms. The lowest BCUT2D eigenvalue weighted by atomic mass is 10.0. The van der Waals surface area contributed by atoms with E-state index in [1.165, 1.54) is 12.1 Å². The second kappa shape index (κ2) is 4.72. The van der Waals surface area contributed by atoms with Crippen molar-refractivity contribution in [3.05, 3.63) is 57.6 Å². The molecule has 0 atom stereocenters. The Labute approximate surface area is 109 Å². The molecule has 0 saturated heterocycles. The Bertz CT molecular complexity index is 594. The number of rotatable bonds is 1. The topological polar surface area (TPSA) is 0 Å². The summed E-state index contributed by atoms with van der Waals surface area (Å²) in [4.78, 5) is 0. The van der Waals surface area contributed by atoms with Gasteiger partial charge < -0.3 is 0 Å². The van der Waals surface area contributed by atoms with Gasteiger partial charge in [-0.25, -0.2) is 17.6 Å². The van der Waals surface area contributed by atoms with Gasteiger partial charge in [-0.05, 0) is 28.4 Å². The van der Waals surface area contributed by atoms with Crippen LogP contribution in [0, 0.1) is 30.2 Å². The van der Waals surface area contributed by atoms with Crippen molar-refractivity contribution in [2.75, 3.05) is 0 Å². The van der Waals surface area contributed by atoms with Crippen LogP contribution >= 0.6 is 15.9 Å². The predicted octanol–water partition coefficient (Wildman–Crippen LogP) is 4.98. The van der Waals surface area contributed by atoms with Crippen molar-refractivity contribution in [1.29, 1.82) is 0 Å². The summed E-state index contributed by atoms with van der Waals surface area (Å²) >= 11 is 2.47. The molecule has 0 aliphatic heterocycles. The van der Waals surface area contributed by atoms with Crippen molar-refractivity contribution in [3.8, 4) is 11.1 Å². The minimum absolute atomic E-state index is 0.0929. The average Bonchev–Trinajstić information content (AvgIpc) is 2.34. The molecule has 94 valence electrons. The third-order valence-corrected chi connectivity index (χ3v) is 3.21. The molecule has 0 N–H and O–H groups in total. The predicted molar refractivity (Wildman–Crippen MR) is 64.1 cm³/mol. The zero-order chi connectivity index (χ0) is 13.4. The summed E-state index contributed by atoms with van der Waals surface area (Å²) in [5, 5.41) is 0. The number of halogens is 5. The SMILES string of the molecule is Cc1cccc(-c2c(F)c(F)c(Br)c(F)c2F)c1. The second-order valence-electron chi connectivity index (χ2n) is 3.81. The van der Waals surface area contributed by atoms with Crippen molar-refractivity contribution < 1.29 is 17.6 Å². The van der Waals surface area contributed by atoms with Crippen molar-refractivity contribution in [3.63, 3.8) is 0 Å². The maximum Gasteiger partial charge on any atom is 0.176 e. The number of hydrogen-bond donors (Lipinski definition) is 0. The zero-order valence-corrected chi connectivity index (χ0v) is 10.8. The zero-order valence-electron chi connectivity index (χ0n) is 9.20. The fourth-order valence-corrected chi connectivity index (χ4v) is 2.01. The molecule has 0 bridgehead atoms. The Morgan fingerprint density at radius 2 is 1.44 bits per heavy atom. The van der Waals surface area contributed by atoms with Gasteiger partial charge in [-0.2, -0.15) is 0 Å². The monoisotopic (exact) mass is 318 g/mol. The quantitative estimate of drug-likeness (QED) is 0.395. The van der Waals surface area contributed by atoms with E-state index in [1.807, 2.05) is 0 Å². The van der Waals surface area contributed by atoms with E-state index in [0.717, 1.165) is 5.56 Å². The smallest absolute Gasteiger partial charge is 0.176 e. The third kappa shape index (κ3) is 2.03. The molecule has 2 aromatic carbocycles. The van der Waals surface area contributed by atoms with Gasteiger partial charge in [-0.3, -0.25) is 0 Å². The number of hydrogen-bond acceptors (Lipinski definition) is 0. The van der Waals surface area contributed by atoms with Gasteiger partial charge >= 0.3 is 0 Å². The third-order valence-electron chi connectivity index (χ3n) is 2.52. The lowest BCUT2D eigenvalue weighted by molar-refractivity contribution is 0.451. The van der Waals surface area contributed by atoms with E-state index >= 15 is 0 Å². The molecule has 0 amide bonds. The van der Waals surface area contributed by atoms with Crippen LogP contribution in [-0.4, -0.2) is 0 Å². The van der Waals surface area contributed by atoms with E-state index in [-0.39, 0.29) is 5.56 Å². The lowest BCUT2D eigenvalue weighted by Gasteiger charge is -2.09. The summed E-state index contributed by atoms with van der Waals surface area (Å²) < 4.78 is 53.4. The van der Waals surface area contributed by atoms with Crippen LogP contribution < -0.4 is 0 Å². The summed E-state index contributed by atoms with van der Waals surface area (Å²) in [7, 11) is 0. The summed E-state index contributed by atoms with van der Waals surface area (Å²) in [6.45, 7) is 1.71. The molecule has 0 heterocycles. The molecule has 0 aliphatic carbocycles. The molecular weight excluding hydrogens is 312 g/mol. The minimum atomic E-state index is -1.44. The van der Waals surface area contributed by atoms with Crippen LogP contribution in [0.15, 0.2) is 28.7 Å². The molecule has 0 aromatic heterocycles. The summed E-state index contributed by atoms with van der Waals surface area (Å²) in [6, 6.07) is 6.11. The molecular formula is C13H7BrF4. The maximum atomic E-state index is 13.7. The van der Waals surface area contributed by atoms with E-state index in [1.54, 1.807) is 19.1 Å².